The molecule has 1 aromatic carbocycles. The van der Waals surface area contributed by atoms with E-state index >= 15 is 0 Å². The van der Waals surface area contributed by atoms with Gasteiger partial charge in [-0.15, -0.1) is 0 Å². The lowest BCUT2D eigenvalue weighted by molar-refractivity contribution is 0.401. The standard InChI is InChI=1S/C18H25NO2S/c1-4-13-19(14-16-10-6-5-9-15(16)2)22(20)18-12-8-7-11-17(18)21-3/h6-8,10-12H,4-5,9,13-14H2,1-3H3. The van der Waals surface area contributed by atoms with Crippen LogP contribution in [0, 0.1) is 0 Å². The van der Waals surface area contributed by atoms with E-state index in [0.29, 0.717) is 5.75 Å². The molecule has 3 nitrogen and oxygen atoms in total. The maximum Gasteiger partial charge on any atom is 0.136 e. The molecule has 0 spiro atoms. The van der Waals surface area contributed by atoms with Crippen LogP contribution < -0.4 is 4.74 Å². The molecule has 1 aliphatic rings. The summed E-state index contributed by atoms with van der Waals surface area (Å²) in [6.45, 7) is 5.81. The maximum absolute atomic E-state index is 13.0. The van der Waals surface area contributed by atoms with Gasteiger partial charge in [0.2, 0.25) is 0 Å². The smallest absolute Gasteiger partial charge is 0.136 e. The summed E-state index contributed by atoms with van der Waals surface area (Å²) in [5.74, 6) is 0.687. The van der Waals surface area contributed by atoms with Gasteiger partial charge in [0, 0.05) is 13.1 Å². The number of hydrogen-bond acceptors (Lipinski definition) is 2. The van der Waals surface area contributed by atoms with Crippen molar-refractivity contribution in [1.29, 1.82) is 0 Å². The third-order valence-electron chi connectivity index (χ3n) is 3.86. The molecule has 0 heterocycles. The first-order chi connectivity index (χ1) is 10.7. The summed E-state index contributed by atoms with van der Waals surface area (Å²) in [5, 5.41) is 0. The number of allylic oxidation sites excluding steroid dienone is 2. The van der Waals surface area contributed by atoms with Crippen molar-refractivity contribution in [1.82, 2.24) is 4.31 Å². The van der Waals surface area contributed by atoms with Crippen molar-refractivity contribution >= 4 is 11.0 Å². The van der Waals surface area contributed by atoms with E-state index in [1.165, 1.54) is 11.1 Å². The Hall–Kier alpha value is -1.39. The van der Waals surface area contributed by atoms with Crippen molar-refractivity contribution in [2.75, 3.05) is 20.2 Å². The summed E-state index contributed by atoms with van der Waals surface area (Å²) in [7, 11) is 0.413. The number of methoxy groups -OCH3 is 1. The molecule has 0 bridgehead atoms. The third-order valence-corrected chi connectivity index (χ3v) is 5.36. The maximum atomic E-state index is 13.0. The Bertz CT molecular complexity index is 593. The number of para-hydroxylation sites is 1. The molecule has 0 radical (unpaired) electrons. The van der Waals surface area contributed by atoms with Crippen LogP contribution in [-0.4, -0.2) is 28.7 Å². The molecular formula is C18H25NO2S. The number of ether oxygens (including phenoxy) is 1. The van der Waals surface area contributed by atoms with E-state index < -0.39 is 11.0 Å². The molecule has 120 valence electrons. The fourth-order valence-corrected chi connectivity index (χ4v) is 3.98. The minimum atomic E-state index is -1.21. The Kier molecular flexibility index (Phi) is 6.40. The highest BCUT2D eigenvalue weighted by molar-refractivity contribution is 7.82. The van der Waals surface area contributed by atoms with Crippen molar-refractivity contribution in [2.24, 2.45) is 0 Å². The van der Waals surface area contributed by atoms with Gasteiger partial charge in [-0.3, -0.25) is 0 Å². The first-order valence-electron chi connectivity index (χ1n) is 7.82. The normalized spacial score (nSPS) is 16.2. The molecule has 0 saturated carbocycles. The van der Waals surface area contributed by atoms with Crippen molar-refractivity contribution < 1.29 is 8.95 Å². The highest BCUT2D eigenvalue weighted by atomic mass is 32.2. The molecule has 1 unspecified atom stereocenters. The highest BCUT2D eigenvalue weighted by Gasteiger charge is 2.19. The van der Waals surface area contributed by atoms with Crippen LogP contribution in [-0.2, 0) is 11.0 Å². The van der Waals surface area contributed by atoms with E-state index in [-0.39, 0.29) is 0 Å². The largest absolute Gasteiger partial charge is 0.495 e. The van der Waals surface area contributed by atoms with Crippen LogP contribution in [0.1, 0.15) is 33.1 Å². The summed E-state index contributed by atoms with van der Waals surface area (Å²) in [5.41, 5.74) is 2.70. The third kappa shape index (κ3) is 4.08. The van der Waals surface area contributed by atoms with Gasteiger partial charge in [0.1, 0.15) is 16.7 Å². The number of benzene rings is 1. The zero-order chi connectivity index (χ0) is 15.9. The lowest BCUT2D eigenvalue weighted by Gasteiger charge is -2.24. The molecule has 1 atom stereocenters. The van der Waals surface area contributed by atoms with Crippen molar-refractivity contribution in [3.63, 3.8) is 0 Å². The van der Waals surface area contributed by atoms with Gasteiger partial charge in [-0.05, 0) is 43.9 Å². The van der Waals surface area contributed by atoms with Gasteiger partial charge >= 0.3 is 0 Å². The second-order valence-electron chi connectivity index (χ2n) is 5.51. The Morgan fingerprint density at radius 3 is 2.77 bits per heavy atom. The molecule has 0 saturated heterocycles. The molecule has 1 aliphatic carbocycles. The molecule has 2 rings (SSSR count). The summed E-state index contributed by atoms with van der Waals surface area (Å²) >= 11 is 0. The predicted octanol–water partition coefficient (Wildman–Crippen LogP) is 4.10. The van der Waals surface area contributed by atoms with Crippen LogP contribution in [0.25, 0.3) is 0 Å². The molecule has 0 N–H and O–H groups in total. The number of rotatable bonds is 7. The van der Waals surface area contributed by atoms with E-state index in [1.54, 1.807) is 7.11 Å². The average Bonchev–Trinajstić information content (AvgIpc) is 2.55. The van der Waals surface area contributed by atoms with Gasteiger partial charge in [-0.25, -0.2) is 8.51 Å². The van der Waals surface area contributed by atoms with E-state index in [2.05, 4.69) is 26.0 Å². The van der Waals surface area contributed by atoms with Gasteiger partial charge in [0.25, 0.3) is 0 Å². The minimum Gasteiger partial charge on any atom is -0.495 e. The van der Waals surface area contributed by atoms with Crippen LogP contribution >= 0.6 is 0 Å². The molecule has 1 aromatic rings. The average molecular weight is 319 g/mol. The van der Waals surface area contributed by atoms with E-state index in [0.717, 1.165) is 37.2 Å². The van der Waals surface area contributed by atoms with Crippen LogP contribution in [0.2, 0.25) is 0 Å². The minimum absolute atomic E-state index is 0.687. The second-order valence-corrected chi connectivity index (χ2v) is 6.96. The monoisotopic (exact) mass is 319 g/mol. The lowest BCUT2D eigenvalue weighted by Crippen LogP contribution is -2.29. The first kappa shape index (κ1) is 17.0. The summed E-state index contributed by atoms with van der Waals surface area (Å²) in [4.78, 5) is 0.747. The SMILES string of the molecule is CCCN(CC1=C(C)CCC=C1)S(=O)c1ccccc1OC. The summed E-state index contributed by atoms with van der Waals surface area (Å²) in [6, 6.07) is 7.56. The quantitative estimate of drug-likeness (QED) is 0.757. The Labute approximate surface area is 136 Å². The van der Waals surface area contributed by atoms with Crippen LogP contribution in [0.4, 0.5) is 0 Å². The lowest BCUT2D eigenvalue weighted by atomic mass is 9.99. The second kappa shape index (κ2) is 8.30. The van der Waals surface area contributed by atoms with Crippen molar-refractivity contribution in [3.05, 3.63) is 47.6 Å². The van der Waals surface area contributed by atoms with Crippen LogP contribution in [0.3, 0.4) is 0 Å². The fourth-order valence-electron chi connectivity index (χ4n) is 2.58. The summed E-state index contributed by atoms with van der Waals surface area (Å²) in [6.07, 6.45) is 7.57. The number of hydrogen-bond donors (Lipinski definition) is 0. The Balaban J connectivity index is 2.23. The van der Waals surface area contributed by atoms with Gasteiger partial charge in [-0.2, -0.15) is 0 Å². The highest BCUT2D eigenvalue weighted by Crippen LogP contribution is 2.26. The van der Waals surface area contributed by atoms with Crippen molar-refractivity contribution in [3.8, 4) is 5.75 Å². The van der Waals surface area contributed by atoms with Gasteiger partial charge < -0.3 is 4.74 Å². The summed E-state index contributed by atoms with van der Waals surface area (Å²) < 4.78 is 20.4. The molecule has 0 aromatic heterocycles. The molecule has 0 aliphatic heterocycles. The van der Waals surface area contributed by atoms with Gasteiger partial charge in [0.05, 0.1) is 12.0 Å². The Morgan fingerprint density at radius 2 is 2.09 bits per heavy atom. The Morgan fingerprint density at radius 1 is 1.32 bits per heavy atom. The topological polar surface area (TPSA) is 29.5 Å². The molecular weight excluding hydrogens is 294 g/mol. The molecule has 22 heavy (non-hydrogen) atoms. The fraction of sp³-hybridized carbons (Fsp3) is 0.444. The van der Waals surface area contributed by atoms with Crippen LogP contribution in [0.5, 0.6) is 5.75 Å². The van der Waals surface area contributed by atoms with E-state index in [4.69, 9.17) is 4.74 Å². The van der Waals surface area contributed by atoms with Gasteiger partial charge in [-0.1, -0.05) is 36.8 Å². The zero-order valence-electron chi connectivity index (χ0n) is 13.7. The molecule has 4 heteroatoms. The van der Waals surface area contributed by atoms with Gasteiger partial charge in [0.15, 0.2) is 0 Å². The molecule has 0 fully saturated rings. The molecule has 0 amide bonds. The van der Waals surface area contributed by atoms with E-state index in [1.807, 2.05) is 28.6 Å². The van der Waals surface area contributed by atoms with Crippen LogP contribution in [0.15, 0.2) is 52.5 Å². The van der Waals surface area contributed by atoms with E-state index in [9.17, 15) is 4.21 Å². The van der Waals surface area contributed by atoms with Crippen molar-refractivity contribution in [2.45, 2.75) is 38.0 Å². The predicted molar refractivity (Wildman–Crippen MR) is 92.3 cm³/mol. The number of nitrogens with zero attached hydrogens (tertiary/aromatic N) is 1. The first-order valence-corrected chi connectivity index (χ1v) is 8.93. The zero-order valence-corrected chi connectivity index (χ0v) is 14.5.